The maximum atomic E-state index is 13.1. The fraction of sp³-hybridized carbons (Fsp3) is 0.536. The molecule has 0 aliphatic carbocycles. The quantitative estimate of drug-likeness (QED) is 0.685. The number of benzene rings is 2. The van der Waals surface area contributed by atoms with Crippen LogP contribution in [0.15, 0.2) is 48.5 Å². The Kier molecular flexibility index (Phi) is 6.45. The monoisotopic (exact) mass is 450 g/mol. The molecular formula is C28H38N2O3. The minimum absolute atomic E-state index is 0.0270. The second kappa shape index (κ2) is 9.02. The first-order chi connectivity index (χ1) is 15.5. The minimum Gasteiger partial charge on any atom is -0.508 e. The zero-order valence-corrected chi connectivity index (χ0v) is 20.7. The van der Waals surface area contributed by atoms with Gasteiger partial charge in [-0.15, -0.1) is 0 Å². The van der Waals surface area contributed by atoms with Gasteiger partial charge < -0.3 is 14.7 Å². The van der Waals surface area contributed by atoms with Gasteiger partial charge in [-0.1, -0.05) is 50.2 Å². The van der Waals surface area contributed by atoms with E-state index in [1.165, 1.54) is 16.7 Å². The lowest BCUT2D eigenvalue weighted by Gasteiger charge is -2.47. The molecule has 1 amide bonds. The molecule has 2 aromatic carbocycles. The van der Waals surface area contributed by atoms with Crippen LogP contribution in [-0.4, -0.2) is 52.3 Å². The van der Waals surface area contributed by atoms with Crippen LogP contribution in [0.5, 0.6) is 5.75 Å². The molecule has 0 spiro atoms. The molecule has 1 saturated heterocycles. The Morgan fingerprint density at radius 3 is 2.55 bits per heavy atom. The van der Waals surface area contributed by atoms with Crippen LogP contribution in [0.3, 0.4) is 0 Å². The number of carbonyl (C=O) groups is 1. The summed E-state index contributed by atoms with van der Waals surface area (Å²) in [7, 11) is 0. The summed E-state index contributed by atoms with van der Waals surface area (Å²) in [6, 6.07) is 16.2. The van der Waals surface area contributed by atoms with Crippen molar-refractivity contribution < 1.29 is 14.6 Å². The van der Waals surface area contributed by atoms with Crippen molar-refractivity contribution in [3.8, 4) is 5.75 Å². The van der Waals surface area contributed by atoms with Crippen molar-refractivity contribution in [3.63, 3.8) is 0 Å². The van der Waals surface area contributed by atoms with Crippen LogP contribution in [0.1, 0.15) is 57.7 Å². The number of ether oxygens (including phenoxy) is 1. The van der Waals surface area contributed by atoms with E-state index in [0.29, 0.717) is 18.2 Å². The van der Waals surface area contributed by atoms with E-state index in [1.54, 1.807) is 6.07 Å². The number of amides is 1. The van der Waals surface area contributed by atoms with Gasteiger partial charge in [-0.05, 0) is 80.3 Å². The maximum Gasteiger partial charge on any atom is 0.410 e. The highest BCUT2D eigenvalue weighted by Gasteiger charge is 2.40. The van der Waals surface area contributed by atoms with E-state index in [0.717, 1.165) is 32.5 Å². The van der Waals surface area contributed by atoms with Gasteiger partial charge in [0.05, 0.1) is 6.04 Å². The molecule has 4 rings (SSSR count). The number of piperidine rings is 1. The molecule has 1 fully saturated rings. The number of fused-ring (bicyclic) bond motifs is 1. The predicted molar refractivity (Wildman–Crippen MR) is 131 cm³/mol. The molecule has 5 heteroatoms. The average Bonchev–Trinajstić information content (AvgIpc) is 2.74. The third-order valence-electron chi connectivity index (χ3n) is 7.53. The van der Waals surface area contributed by atoms with Crippen LogP contribution in [0, 0.1) is 5.92 Å². The molecule has 0 unspecified atom stereocenters. The summed E-state index contributed by atoms with van der Waals surface area (Å²) >= 11 is 0. The zero-order chi connectivity index (χ0) is 23.8. The number of phenols is 1. The van der Waals surface area contributed by atoms with Gasteiger partial charge in [0.2, 0.25) is 0 Å². The van der Waals surface area contributed by atoms with Crippen LogP contribution in [0.25, 0.3) is 0 Å². The third kappa shape index (κ3) is 5.19. The van der Waals surface area contributed by atoms with E-state index >= 15 is 0 Å². The Balaban J connectivity index is 1.50. The van der Waals surface area contributed by atoms with Gasteiger partial charge in [0, 0.05) is 19.6 Å². The van der Waals surface area contributed by atoms with Gasteiger partial charge in [-0.25, -0.2) is 4.79 Å². The molecule has 0 aromatic heterocycles. The van der Waals surface area contributed by atoms with E-state index in [1.807, 2.05) is 43.9 Å². The smallest absolute Gasteiger partial charge is 0.410 e. The molecule has 5 nitrogen and oxygen atoms in total. The van der Waals surface area contributed by atoms with Crippen molar-refractivity contribution in [3.05, 3.63) is 65.2 Å². The van der Waals surface area contributed by atoms with Gasteiger partial charge >= 0.3 is 6.09 Å². The maximum absolute atomic E-state index is 13.1. The summed E-state index contributed by atoms with van der Waals surface area (Å²) in [6.07, 6.45) is 1.65. The fourth-order valence-corrected chi connectivity index (χ4v) is 5.36. The summed E-state index contributed by atoms with van der Waals surface area (Å²) in [4.78, 5) is 17.6. The fourth-order valence-electron chi connectivity index (χ4n) is 5.36. The molecule has 2 aliphatic heterocycles. The lowest BCUT2D eigenvalue weighted by molar-refractivity contribution is 0.00341. The highest BCUT2D eigenvalue weighted by molar-refractivity contribution is 5.69. The number of rotatable bonds is 3. The Bertz CT molecular complexity index is 999. The molecule has 0 bridgehead atoms. The van der Waals surface area contributed by atoms with Gasteiger partial charge in [-0.3, -0.25) is 4.90 Å². The van der Waals surface area contributed by atoms with E-state index in [4.69, 9.17) is 4.74 Å². The third-order valence-corrected chi connectivity index (χ3v) is 7.53. The molecule has 2 heterocycles. The van der Waals surface area contributed by atoms with Crippen LogP contribution in [0.4, 0.5) is 4.79 Å². The summed E-state index contributed by atoms with van der Waals surface area (Å²) < 4.78 is 5.78. The van der Waals surface area contributed by atoms with Crippen LogP contribution in [-0.2, 0) is 23.1 Å². The van der Waals surface area contributed by atoms with Crippen molar-refractivity contribution in [1.82, 2.24) is 9.80 Å². The van der Waals surface area contributed by atoms with E-state index in [-0.39, 0.29) is 17.6 Å². The zero-order valence-electron chi connectivity index (χ0n) is 20.7. The highest BCUT2D eigenvalue weighted by Crippen LogP contribution is 2.40. The molecule has 3 atom stereocenters. The van der Waals surface area contributed by atoms with Crippen molar-refractivity contribution in [2.45, 2.75) is 71.1 Å². The normalized spacial score (nSPS) is 26.0. The van der Waals surface area contributed by atoms with Crippen LogP contribution >= 0.6 is 0 Å². The van der Waals surface area contributed by atoms with E-state index in [2.05, 4.69) is 43.0 Å². The second-order valence-corrected chi connectivity index (χ2v) is 11.1. The Morgan fingerprint density at radius 2 is 1.88 bits per heavy atom. The van der Waals surface area contributed by atoms with Crippen molar-refractivity contribution >= 4 is 6.09 Å². The largest absolute Gasteiger partial charge is 0.508 e. The van der Waals surface area contributed by atoms with Gasteiger partial charge in [0.15, 0.2) is 0 Å². The highest BCUT2D eigenvalue weighted by atomic mass is 16.6. The first-order valence-corrected chi connectivity index (χ1v) is 12.1. The lowest BCUT2D eigenvalue weighted by atomic mass is 9.68. The molecule has 178 valence electrons. The summed E-state index contributed by atoms with van der Waals surface area (Å²) in [6.45, 7) is 13.8. The Labute approximate surface area is 198 Å². The second-order valence-electron chi connectivity index (χ2n) is 11.1. The molecular weight excluding hydrogens is 412 g/mol. The molecule has 2 aromatic rings. The van der Waals surface area contributed by atoms with Gasteiger partial charge in [-0.2, -0.15) is 0 Å². The number of hydrogen-bond donors (Lipinski definition) is 1. The summed E-state index contributed by atoms with van der Waals surface area (Å²) in [5, 5.41) is 9.99. The SMILES string of the molecule is C[C@H]1CN(C[C@H]2Cc3ccccc3CN2C(=O)OC(C)(C)C)CC[C@@]1(C)c1cccc(O)c1. The lowest BCUT2D eigenvalue weighted by Crippen LogP contribution is -2.55. The van der Waals surface area contributed by atoms with E-state index < -0.39 is 5.60 Å². The molecule has 0 saturated carbocycles. The van der Waals surface area contributed by atoms with Gasteiger partial charge in [0.25, 0.3) is 0 Å². The van der Waals surface area contributed by atoms with Crippen LogP contribution < -0.4 is 0 Å². The van der Waals surface area contributed by atoms with E-state index in [9.17, 15) is 9.90 Å². The molecule has 33 heavy (non-hydrogen) atoms. The Morgan fingerprint density at radius 1 is 1.15 bits per heavy atom. The molecule has 1 N–H and O–H groups in total. The molecule has 2 aliphatic rings. The van der Waals surface area contributed by atoms with Crippen molar-refractivity contribution in [2.75, 3.05) is 19.6 Å². The average molecular weight is 451 g/mol. The number of likely N-dealkylation sites (tertiary alicyclic amines) is 1. The number of nitrogens with zero attached hydrogens (tertiary/aromatic N) is 2. The predicted octanol–water partition coefficient (Wildman–Crippen LogP) is 5.35. The minimum atomic E-state index is -0.513. The molecule has 0 radical (unpaired) electrons. The summed E-state index contributed by atoms with van der Waals surface area (Å²) in [5.41, 5.74) is 3.26. The first kappa shape index (κ1) is 23.6. The summed E-state index contributed by atoms with van der Waals surface area (Å²) in [5.74, 6) is 0.760. The van der Waals surface area contributed by atoms with Gasteiger partial charge in [0.1, 0.15) is 11.4 Å². The first-order valence-electron chi connectivity index (χ1n) is 12.1. The standard InChI is InChI=1S/C28H38N2O3/c1-20-17-29(14-13-28(20,5)23-11-8-12-25(31)16-23)19-24-15-21-9-6-7-10-22(21)18-30(24)26(32)33-27(2,3)4/h6-12,16,20,24,31H,13-15,17-19H2,1-5H3/t20-,24+,28+/m0/s1. The van der Waals surface area contributed by atoms with Crippen molar-refractivity contribution in [2.24, 2.45) is 5.92 Å². The number of aromatic hydroxyl groups is 1. The van der Waals surface area contributed by atoms with Crippen molar-refractivity contribution in [1.29, 1.82) is 0 Å². The Hall–Kier alpha value is -2.53. The topological polar surface area (TPSA) is 53.0 Å². The number of hydrogen-bond acceptors (Lipinski definition) is 4. The number of phenolic OH excluding ortho intramolecular Hbond substituents is 1. The van der Waals surface area contributed by atoms with Crippen LogP contribution in [0.2, 0.25) is 0 Å². The number of carbonyl (C=O) groups excluding carboxylic acids is 1.